The number of rotatable bonds is 3. The number of carbonyl (C=O) groups excluding carboxylic acids is 1. The highest BCUT2D eigenvalue weighted by molar-refractivity contribution is 6.42. The van der Waals surface area contributed by atoms with E-state index in [1.165, 1.54) is 5.56 Å². The SMILES string of the molecule is Cc1cc(/C=C2\C=C(c3ccc(C(C)(C)C)cc3)OC2=O)c(C)n1-c1ccc(Cl)c(Cl)c1. The van der Waals surface area contributed by atoms with Gasteiger partial charge in [0.05, 0.1) is 15.6 Å². The zero-order chi connectivity index (χ0) is 23.2. The molecule has 2 aromatic carbocycles. The van der Waals surface area contributed by atoms with Crippen LogP contribution in [0.2, 0.25) is 10.0 Å². The summed E-state index contributed by atoms with van der Waals surface area (Å²) in [5.74, 6) is 0.222. The van der Waals surface area contributed by atoms with Crippen LogP contribution in [0.4, 0.5) is 0 Å². The third kappa shape index (κ3) is 4.28. The second-order valence-corrected chi connectivity index (χ2v) is 9.90. The lowest BCUT2D eigenvalue weighted by atomic mass is 9.86. The monoisotopic (exact) mass is 465 g/mol. The highest BCUT2D eigenvalue weighted by Gasteiger charge is 2.23. The van der Waals surface area contributed by atoms with Gasteiger partial charge < -0.3 is 9.30 Å². The number of ether oxygens (including phenoxy) is 1. The van der Waals surface area contributed by atoms with E-state index in [9.17, 15) is 4.79 Å². The van der Waals surface area contributed by atoms with E-state index in [4.69, 9.17) is 27.9 Å². The molecule has 0 saturated carbocycles. The largest absolute Gasteiger partial charge is 0.422 e. The van der Waals surface area contributed by atoms with E-state index in [1.807, 2.05) is 50.3 Å². The minimum Gasteiger partial charge on any atom is -0.422 e. The Hall–Kier alpha value is -2.75. The van der Waals surface area contributed by atoms with E-state index in [2.05, 4.69) is 37.5 Å². The maximum Gasteiger partial charge on any atom is 0.343 e. The maximum absolute atomic E-state index is 12.6. The van der Waals surface area contributed by atoms with E-state index in [0.717, 1.165) is 28.2 Å². The first-order chi connectivity index (χ1) is 15.0. The van der Waals surface area contributed by atoms with Gasteiger partial charge in [0.25, 0.3) is 0 Å². The Morgan fingerprint density at radius 2 is 1.62 bits per heavy atom. The van der Waals surface area contributed by atoms with Gasteiger partial charge in [-0.05, 0) is 66.8 Å². The number of esters is 1. The predicted molar refractivity (Wildman–Crippen MR) is 132 cm³/mol. The van der Waals surface area contributed by atoms with Crippen LogP contribution in [0.3, 0.4) is 0 Å². The van der Waals surface area contributed by atoms with Crippen LogP contribution in [0.5, 0.6) is 0 Å². The van der Waals surface area contributed by atoms with Crippen molar-refractivity contribution in [2.45, 2.75) is 40.0 Å². The van der Waals surface area contributed by atoms with Crippen molar-refractivity contribution < 1.29 is 9.53 Å². The van der Waals surface area contributed by atoms with Crippen LogP contribution in [-0.4, -0.2) is 10.5 Å². The molecule has 5 heteroatoms. The molecule has 0 fully saturated rings. The van der Waals surface area contributed by atoms with Crippen molar-refractivity contribution in [1.82, 2.24) is 4.57 Å². The summed E-state index contributed by atoms with van der Waals surface area (Å²) in [5.41, 5.74) is 6.60. The van der Waals surface area contributed by atoms with Crippen LogP contribution in [0.1, 0.15) is 48.8 Å². The first-order valence-corrected chi connectivity index (χ1v) is 11.2. The minimum atomic E-state index is -0.348. The Morgan fingerprint density at radius 1 is 0.938 bits per heavy atom. The van der Waals surface area contributed by atoms with Gasteiger partial charge in [-0.3, -0.25) is 0 Å². The van der Waals surface area contributed by atoms with Crippen LogP contribution in [-0.2, 0) is 14.9 Å². The number of nitrogens with zero attached hydrogens (tertiary/aromatic N) is 1. The molecule has 0 spiro atoms. The molecule has 2 heterocycles. The first-order valence-electron chi connectivity index (χ1n) is 10.5. The third-order valence-electron chi connectivity index (χ3n) is 5.70. The molecule has 3 nitrogen and oxygen atoms in total. The van der Waals surface area contributed by atoms with E-state index in [0.29, 0.717) is 21.4 Å². The maximum atomic E-state index is 12.6. The van der Waals surface area contributed by atoms with Gasteiger partial charge in [0, 0.05) is 22.6 Å². The molecule has 164 valence electrons. The second kappa shape index (κ2) is 8.31. The number of carbonyl (C=O) groups is 1. The van der Waals surface area contributed by atoms with Crippen LogP contribution >= 0.6 is 23.2 Å². The van der Waals surface area contributed by atoms with E-state index >= 15 is 0 Å². The molecule has 32 heavy (non-hydrogen) atoms. The van der Waals surface area contributed by atoms with Gasteiger partial charge in [0.2, 0.25) is 0 Å². The minimum absolute atomic E-state index is 0.0706. The molecule has 1 aliphatic rings. The van der Waals surface area contributed by atoms with Crippen molar-refractivity contribution in [3.63, 3.8) is 0 Å². The Balaban J connectivity index is 1.67. The van der Waals surface area contributed by atoms with Crippen LogP contribution in [0.25, 0.3) is 17.5 Å². The predicted octanol–water partition coefficient (Wildman–Crippen LogP) is 7.68. The molecule has 0 saturated heterocycles. The zero-order valence-corrected chi connectivity index (χ0v) is 20.3. The Kier molecular flexibility index (Phi) is 5.83. The molecule has 0 atom stereocenters. The van der Waals surface area contributed by atoms with Crippen molar-refractivity contribution >= 4 is 41.0 Å². The summed E-state index contributed by atoms with van der Waals surface area (Å²) >= 11 is 12.3. The van der Waals surface area contributed by atoms with Crippen molar-refractivity contribution in [3.8, 4) is 5.69 Å². The average molecular weight is 466 g/mol. The van der Waals surface area contributed by atoms with Crippen LogP contribution in [0, 0.1) is 13.8 Å². The molecule has 4 rings (SSSR count). The molecule has 0 unspecified atom stereocenters. The van der Waals surface area contributed by atoms with Gasteiger partial charge in [-0.2, -0.15) is 0 Å². The molecule has 0 amide bonds. The number of aromatic nitrogens is 1. The fourth-order valence-corrected chi connectivity index (χ4v) is 4.18. The summed E-state index contributed by atoms with van der Waals surface area (Å²) in [5, 5.41) is 1.02. The number of cyclic esters (lactones) is 1. The first kappa shape index (κ1) is 22.4. The fraction of sp³-hybridized carbons (Fsp3) is 0.222. The standard InChI is InChI=1S/C27H25Cl2NO2/c1-16-12-19(17(2)30(16)22-10-11-23(28)24(29)15-22)13-20-14-25(32-26(20)31)18-6-8-21(9-7-18)27(3,4)5/h6-15H,1-5H3/b20-13+. The second-order valence-electron chi connectivity index (χ2n) is 9.09. The number of hydrogen-bond donors (Lipinski definition) is 0. The van der Waals surface area contributed by atoms with Gasteiger partial charge in [0.15, 0.2) is 0 Å². The van der Waals surface area contributed by atoms with Crippen LogP contribution in [0.15, 0.2) is 60.2 Å². The van der Waals surface area contributed by atoms with Crippen molar-refractivity contribution in [2.24, 2.45) is 0 Å². The summed E-state index contributed by atoms with van der Waals surface area (Å²) in [6.45, 7) is 10.5. The van der Waals surface area contributed by atoms with Gasteiger partial charge in [-0.1, -0.05) is 68.2 Å². The van der Waals surface area contributed by atoms with Crippen molar-refractivity contribution in [1.29, 1.82) is 0 Å². The highest BCUT2D eigenvalue weighted by atomic mass is 35.5. The zero-order valence-electron chi connectivity index (χ0n) is 18.8. The smallest absolute Gasteiger partial charge is 0.343 e. The summed E-state index contributed by atoms with van der Waals surface area (Å²) in [4.78, 5) is 12.6. The molecule has 0 aliphatic carbocycles. The summed E-state index contributed by atoms with van der Waals surface area (Å²) in [7, 11) is 0. The number of aryl methyl sites for hydroxylation is 1. The van der Waals surface area contributed by atoms with E-state index < -0.39 is 0 Å². The normalized spacial score (nSPS) is 15.3. The van der Waals surface area contributed by atoms with Gasteiger partial charge in [-0.25, -0.2) is 4.79 Å². The summed E-state index contributed by atoms with van der Waals surface area (Å²) < 4.78 is 7.65. The van der Waals surface area contributed by atoms with Crippen molar-refractivity contribution in [3.05, 3.63) is 98.3 Å². The van der Waals surface area contributed by atoms with Gasteiger partial charge in [-0.15, -0.1) is 0 Å². The Bertz CT molecular complexity index is 1270. The van der Waals surface area contributed by atoms with E-state index in [1.54, 1.807) is 12.1 Å². The topological polar surface area (TPSA) is 31.2 Å². The molecule has 1 aliphatic heterocycles. The lowest BCUT2D eigenvalue weighted by Gasteiger charge is -2.19. The van der Waals surface area contributed by atoms with Gasteiger partial charge >= 0.3 is 5.97 Å². The lowest BCUT2D eigenvalue weighted by molar-refractivity contribution is -0.130. The van der Waals surface area contributed by atoms with Crippen molar-refractivity contribution in [2.75, 3.05) is 0 Å². The average Bonchev–Trinajstić information content (AvgIpc) is 3.23. The lowest BCUT2D eigenvalue weighted by Crippen LogP contribution is -2.10. The van der Waals surface area contributed by atoms with Crippen LogP contribution < -0.4 is 0 Å². The third-order valence-corrected chi connectivity index (χ3v) is 6.44. The summed E-state index contributed by atoms with van der Waals surface area (Å²) in [6, 6.07) is 15.7. The fourth-order valence-electron chi connectivity index (χ4n) is 3.89. The highest BCUT2D eigenvalue weighted by Crippen LogP contribution is 2.32. The molecular formula is C27H25Cl2NO2. The number of halogens is 2. The van der Waals surface area contributed by atoms with E-state index in [-0.39, 0.29) is 11.4 Å². The quantitative estimate of drug-likeness (QED) is 0.293. The Morgan fingerprint density at radius 3 is 2.25 bits per heavy atom. The molecule has 3 aromatic rings. The van der Waals surface area contributed by atoms with Gasteiger partial charge in [0.1, 0.15) is 5.76 Å². The molecule has 0 bridgehead atoms. The Labute approximate surface area is 198 Å². The molecule has 1 aromatic heterocycles. The number of hydrogen-bond acceptors (Lipinski definition) is 2. The number of benzene rings is 2. The molecule has 0 N–H and O–H groups in total. The molecular weight excluding hydrogens is 441 g/mol. The summed E-state index contributed by atoms with van der Waals surface area (Å²) in [6.07, 6.45) is 3.68. The molecule has 0 radical (unpaired) electrons.